The fraction of sp³-hybridized carbons (Fsp3) is 0.393. The Hall–Kier alpha value is -3.49. The number of likely N-dealkylation sites (tertiary alicyclic amines) is 1. The number of nitrogens with two attached hydrogens (primary N) is 1. The van der Waals surface area contributed by atoms with Gasteiger partial charge in [-0.05, 0) is 68.6 Å². The lowest BCUT2D eigenvalue weighted by atomic mass is 10.0. The lowest BCUT2D eigenvalue weighted by Crippen LogP contribution is -2.45. The number of nitrogen functional groups attached to an aromatic ring is 1. The molecule has 1 unspecified atom stereocenters. The van der Waals surface area contributed by atoms with Crippen LogP contribution in [0.15, 0.2) is 60.9 Å². The largest absolute Gasteiger partial charge is 0.457 e. The Kier molecular flexibility index (Phi) is 6.53. The normalized spacial score (nSPS) is 19.8. The second-order valence-corrected chi connectivity index (χ2v) is 9.81. The van der Waals surface area contributed by atoms with Gasteiger partial charge in [-0.3, -0.25) is 4.90 Å². The number of hydrogen-bond donors (Lipinski definition) is 2. The molecule has 4 heterocycles. The van der Waals surface area contributed by atoms with Gasteiger partial charge in [0.25, 0.3) is 0 Å². The van der Waals surface area contributed by atoms with Crippen molar-refractivity contribution in [3.63, 3.8) is 0 Å². The summed E-state index contributed by atoms with van der Waals surface area (Å²) in [6, 6.07) is 18.7. The summed E-state index contributed by atoms with van der Waals surface area (Å²) in [5.74, 6) is 2.05. The van der Waals surface area contributed by atoms with Crippen molar-refractivity contribution in [2.24, 2.45) is 0 Å². The molecule has 0 spiro atoms. The van der Waals surface area contributed by atoms with E-state index in [4.69, 9.17) is 15.6 Å². The van der Waals surface area contributed by atoms with Gasteiger partial charge in [-0.25, -0.2) is 14.6 Å². The maximum Gasteiger partial charge on any atom is 0.164 e. The second-order valence-electron chi connectivity index (χ2n) is 9.81. The van der Waals surface area contributed by atoms with Gasteiger partial charge in [0.15, 0.2) is 5.65 Å². The number of fused-ring (bicyclic) bond motifs is 1. The Labute approximate surface area is 211 Å². The highest BCUT2D eigenvalue weighted by atomic mass is 16.5. The Balaban J connectivity index is 1.24. The van der Waals surface area contributed by atoms with Crippen molar-refractivity contribution < 1.29 is 4.74 Å². The van der Waals surface area contributed by atoms with Crippen LogP contribution in [0.25, 0.3) is 22.3 Å². The molecule has 0 radical (unpaired) electrons. The summed E-state index contributed by atoms with van der Waals surface area (Å²) >= 11 is 0. The minimum atomic E-state index is 0.297. The van der Waals surface area contributed by atoms with E-state index in [9.17, 15) is 0 Å². The minimum absolute atomic E-state index is 0.297. The number of aromatic nitrogens is 4. The topological polar surface area (TPSA) is 94.1 Å². The zero-order valence-electron chi connectivity index (χ0n) is 20.5. The first kappa shape index (κ1) is 22.9. The van der Waals surface area contributed by atoms with Crippen LogP contribution < -0.4 is 15.8 Å². The Morgan fingerprint density at radius 3 is 2.44 bits per heavy atom. The van der Waals surface area contributed by atoms with Crippen LogP contribution in [0.2, 0.25) is 0 Å². The Bertz CT molecular complexity index is 1290. The van der Waals surface area contributed by atoms with E-state index in [0.29, 0.717) is 17.9 Å². The van der Waals surface area contributed by atoms with Crippen LogP contribution in [0.1, 0.15) is 38.1 Å². The highest BCUT2D eigenvalue weighted by Gasteiger charge is 2.29. The molecular weight excluding hydrogens is 450 g/mol. The third-order valence-corrected chi connectivity index (χ3v) is 7.51. The monoisotopic (exact) mass is 483 g/mol. The molecule has 36 heavy (non-hydrogen) atoms. The van der Waals surface area contributed by atoms with Crippen LogP contribution >= 0.6 is 0 Å². The lowest BCUT2D eigenvalue weighted by Gasteiger charge is -2.37. The predicted molar refractivity (Wildman–Crippen MR) is 142 cm³/mol. The maximum absolute atomic E-state index is 6.36. The molecule has 8 heteroatoms. The van der Waals surface area contributed by atoms with E-state index in [0.717, 1.165) is 72.8 Å². The van der Waals surface area contributed by atoms with E-state index < -0.39 is 0 Å². The van der Waals surface area contributed by atoms with Gasteiger partial charge in [0.1, 0.15) is 29.3 Å². The smallest absolute Gasteiger partial charge is 0.164 e. The molecule has 4 aromatic rings. The molecule has 6 rings (SSSR count). The van der Waals surface area contributed by atoms with Gasteiger partial charge in [-0.2, -0.15) is 5.10 Å². The molecule has 0 aliphatic carbocycles. The SMILES string of the molecule is Nc1ncnc2c1c(-c1ccc(Oc3ccccc3)cc1)nn2C1CCN(C2CCCCNC2)CC1. The first-order valence-corrected chi connectivity index (χ1v) is 13.0. The molecule has 3 N–H and O–H groups in total. The molecule has 2 aliphatic rings. The number of ether oxygens (including phenoxy) is 1. The number of nitrogens with one attached hydrogen (secondary N) is 1. The summed E-state index contributed by atoms with van der Waals surface area (Å²) < 4.78 is 8.06. The number of rotatable bonds is 5. The molecule has 0 amide bonds. The molecule has 2 fully saturated rings. The van der Waals surface area contributed by atoms with Gasteiger partial charge in [0.2, 0.25) is 0 Å². The Morgan fingerprint density at radius 2 is 1.64 bits per heavy atom. The van der Waals surface area contributed by atoms with Crippen molar-refractivity contribution in [2.75, 3.05) is 31.9 Å². The van der Waals surface area contributed by atoms with E-state index in [2.05, 4.69) is 24.9 Å². The first-order valence-electron chi connectivity index (χ1n) is 13.0. The van der Waals surface area contributed by atoms with Crippen molar-refractivity contribution in [1.29, 1.82) is 0 Å². The zero-order chi connectivity index (χ0) is 24.3. The fourth-order valence-corrected chi connectivity index (χ4v) is 5.57. The fourth-order valence-electron chi connectivity index (χ4n) is 5.57. The van der Waals surface area contributed by atoms with Crippen LogP contribution in [-0.2, 0) is 0 Å². The van der Waals surface area contributed by atoms with Crippen LogP contribution in [0.5, 0.6) is 11.5 Å². The summed E-state index contributed by atoms with van der Waals surface area (Å²) in [4.78, 5) is 11.6. The van der Waals surface area contributed by atoms with Crippen molar-refractivity contribution in [2.45, 2.75) is 44.2 Å². The predicted octanol–water partition coefficient (Wildman–Crippen LogP) is 4.65. The third-order valence-electron chi connectivity index (χ3n) is 7.51. The molecule has 2 aromatic heterocycles. The molecule has 2 aromatic carbocycles. The summed E-state index contributed by atoms with van der Waals surface area (Å²) in [6.07, 6.45) is 7.55. The van der Waals surface area contributed by atoms with Crippen molar-refractivity contribution in [3.8, 4) is 22.8 Å². The molecule has 2 aliphatic heterocycles. The van der Waals surface area contributed by atoms with Crippen molar-refractivity contribution in [3.05, 3.63) is 60.9 Å². The molecule has 0 saturated carbocycles. The number of anilines is 1. The number of nitrogens with zero attached hydrogens (tertiary/aromatic N) is 5. The summed E-state index contributed by atoms with van der Waals surface area (Å²) in [6.45, 7) is 4.42. The second kappa shape index (κ2) is 10.2. The Morgan fingerprint density at radius 1 is 0.861 bits per heavy atom. The van der Waals surface area contributed by atoms with Crippen LogP contribution in [0.4, 0.5) is 5.82 Å². The van der Waals surface area contributed by atoms with E-state index >= 15 is 0 Å². The summed E-state index contributed by atoms with van der Waals surface area (Å²) in [7, 11) is 0. The summed E-state index contributed by atoms with van der Waals surface area (Å²) in [5, 5.41) is 9.50. The van der Waals surface area contributed by atoms with Gasteiger partial charge >= 0.3 is 0 Å². The number of hydrogen-bond acceptors (Lipinski definition) is 7. The van der Waals surface area contributed by atoms with Gasteiger partial charge in [-0.1, -0.05) is 24.6 Å². The van der Waals surface area contributed by atoms with Gasteiger partial charge < -0.3 is 15.8 Å². The van der Waals surface area contributed by atoms with Crippen LogP contribution in [0.3, 0.4) is 0 Å². The van der Waals surface area contributed by atoms with Crippen LogP contribution in [-0.4, -0.2) is 56.9 Å². The average Bonchev–Trinajstić information content (AvgIpc) is 3.11. The first-order chi connectivity index (χ1) is 17.8. The van der Waals surface area contributed by atoms with Crippen molar-refractivity contribution in [1.82, 2.24) is 30.0 Å². The van der Waals surface area contributed by atoms with E-state index in [1.54, 1.807) is 6.33 Å². The van der Waals surface area contributed by atoms with Gasteiger partial charge in [0, 0.05) is 31.2 Å². The highest BCUT2D eigenvalue weighted by Crippen LogP contribution is 2.35. The van der Waals surface area contributed by atoms with Gasteiger partial charge in [-0.15, -0.1) is 0 Å². The number of para-hydroxylation sites is 1. The average molecular weight is 484 g/mol. The van der Waals surface area contributed by atoms with Gasteiger partial charge in [0.05, 0.1) is 11.4 Å². The molecule has 8 nitrogen and oxygen atoms in total. The minimum Gasteiger partial charge on any atom is -0.457 e. The number of piperidine rings is 1. The van der Waals surface area contributed by atoms with E-state index in [1.807, 2.05) is 54.6 Å². The van der Waals surface area contributed by atoms with E-state index in [1.165, 1.54) is 19.3 Å². The quantitative estimate of drug-likeness (QED) is 0.427. The maximum atomic E-state index is 6.36. The lowest BCUT2D eigenvalue weighted by molar-refractivity contribution is 0.127. The standard InChI is InChI=1S/C28H33N7O/c29-27-25-26(20-9-11-24(12-10-20)36-23-7-2-1-3-8-23)33-35(28(25)32-19-31-27)21-13-16-34(17-14-21)22-6-4-5-15-30-18-22/h1-3,7-12,19,21-22,30H,4-6,13-18H2,(H2,29,31,32). The molecule has 1 atom stereocenters. The van der Waals surface area contributed by atoms with E-state index in [-0.39, 0.29) is 0 Å². The summed E-state index contributed by atoms with van der Waals surface area (Å²) in [5.41, 5.74) is 8.97. The molecule has 186 valence electrons. The number of benzene rings is 2. The molecular formula is C28H33N7O. The van der Waals surface area contributed by atoms with Crippen molar-refractivity contribution >= 4 is 16.9 Å². The van der Waals surface area contributed by atoms with Crippen LogP contribution in [0, 0.1) is 0 Å². The zero-order valence-corrected chi connectivity index (χ0v) is 20.5. The molecule has 2 saturated heterocycles. The highest BCUT2D eigenvalue weighted by molar-refractivity contribution is 5.98. The third kappa shape index (κ3) is 4.66. The molecule has 0 bridgehead atoms.